The lowest BCUT2D eigenvalue weighted by Gasteiger charge is -2.34. The van der Waals surface area contributed by atoms with E-state index >= 15 is 0 Å². The molecule has 26 heavy (non-hydrogen) atoms. The quantitative estimate of drug-likeness (QED) is 0.690. The van der Waals surface area contributed by atoms with Crippen LogP contribution < -0.4 is 11.1 Å². The molecule has 134 valence electrons. The lowest BCUT2D eigenvalue weighted by atomic mass is 9.99. The second-order valence-corrected chi connectivity index (χ2v) is 6.46. The minimum atomic E-state index is -0.407. The van der Waals surface area contributed by atoms with E-state index in [2.05, 4.69) is 20.4 Å². The van der Waals surface area contributed by atoms with Gasteiger partial charge in [-0.05, 0) is 36.2 Å². The fraction of sp³-hybridized carbons (Fsp3) is 0.333. The third kappa shape index (κ3) is 3.42. The van der Waals surface area contributed by atoms with Gasteiger partial charge >= 0.3 is 0 Å². The summed E-state index contributed by atoms with van der Waals surface area (Å²) < 4.78 is 1.71. The fourth-order valence-corrected chi connectivity index (χ4v) is 3.36. The highest BCUT2D eigenvalue weighted by Crippen LogP contribution is 2.24. The van der Waals surface area contributed by atoms with Crippen molar-refractivity contribution in [2.24, 2.45) is 5.73 Å². The van der Waals surface area contributed by atoms with E-state index in [1.807, 2.05) is 24.3 Å². The van der Waals surface area contributed by atoms with Gasteiger partial charge < -0.3 is 11.1 Å². The Kier molecular flexibility index (Phi) is 4.59. The number of hydrogen-bond acceptors (Lipinski definition) is 6. The number of nitrogens with one attached hydrogen (secondary N) is 1. The average molecular weight is 351 g/mol. The van der Waals surface area contributed by atoms with Crippen molar-refractivity contribution in [1.82, 2.24) is 30.0 Å². The molecule has 3 heterocycles. The van der Waals surface area contributed by atoms with Crippen LogP contribution in [-0.2, 0) is 6.42 Å². The van der Waals surface area contributed by atoms with Crippen molar-refractivity contribution in [2.45, 2.75) is 12.5 Å². The van der Waals surface area contributed by atoms with Gasteiger partial charge in [0.2, 0.25) is 5.91 Å². The number of nitrogens with zero attached hydrogens (tertiary/aromatic N) is 5. The number of carbonyl (C=O) groups excluding carboxylic acids is 1. The van der Waals surface area contributed by atoms with Gasteiger partial charge in [-0.3, -0.25) is 9.69 Å². The Labute approximate surface area is 151 Å². The first-order valence-corrected chi connectivity index (χ1v) is 8.71. The summed E-state index contributed by atoms with van der Waals surface area (Å²) in [5.41, 5.74) is 8.72. The molecule has 4 rings (SSSR count). The second kappa shape index (κ2) is 7.19. The first kappa shape index (κ1) is 16.6. The molecule has 1 saturated heterocycles. The molecule has 1 unspecified atom stereocenters. The molecule has 1 aliphatic heterocycles. The minimum absolute atomic E-state index is 0.142. The monoisotopic (exact) mass is 351 g/mol. The summed E-state index contributed by atoms with van der Waals surface area (Å²) in [6, 6.07) is 11.6. The van der Waals surface area contributed by atoms with Gasteiger partial charge in [0.25, 0.3) is 0 Å². The molecule has 1 atom stereocenters. The van der Waals surface area contributed by atoms with Crippen LogP contribution in [0.5, 0.6) is 0 Å². The van der Waals surface area contributed by atoms with E-state index in [9.17, 15) is 4.79 Å². The van der Waals surface area contributed by atoms with Gasteiger partial charge in [-0.25, -0.2) is 4.52 Å². The van der Waals surface area contributed by atoms with E-state index in [4.69, 9.17) is 10.8 Å². The summed E-state index contributed by atoms with van der Waals surface area (Å²) >= 11 is 0. The minimum Gasteiger partial charge on any atom is -0.366 e. The number of carbonyl (C=O) groups is 1. The highest BCUT2D eigenvalue weighted by atomic mass is 16.1. The molecule has 1 amide bonds. The van der Waals surface area contributed by atoms with Crippen molar-refractivity contribution in [2.75, 3.05) is 26.2 Å². The van der Waals surface area contributed by atoms with Crippen LogP contribution >= 0.6 is 0 Å². The molecule has 1 aromatic carbocycles. The maximum Gasteiger partial charge on any atom is 0.248 e. The maximum absolute atomic E-state index is 11.3. The van der Waals surface area contributed by atoms with Gasteiger partial charge in [-0.15, -0.1) is 10.2 Å². The van der Waals surface area contributed by atoms with E-state index < -0.39 is 5.91 Å². The molecule has 8 heteroatoms. The Morgan fingerprint density at radius 3 is 2.65 bits per heavy atom. The zero-order valence-corrected chi connectivity index (χ0v) is 14.4. The van der Waals surface area contributed by atoms with E-state index in [0.29, 0.717) is 5.56 Å². The Hall–Kier alpha value is -2.84. The Balaban J connectivity index is 1.64. The van der Waals surface area contributed by atoms with E-state index in [-0.39, 0.29) is 6.04 Å². The number of rotatable bonds is 5. The van der Waals surface area contributed by atoms with Gasteiger partial charge in [0, 0.05) is 31.7 Å². The fourth-order valence-electron chi connectivity index (χ4n) is 3.36. The number of piperazine rings is 1. The number of hydrogen-bond donors (Lipinski definition) is 2. The molecule has 3 N–H and O–H groups in total. The van der Waals surface area contributed by atoms with Crippen molar-refractivity contribution in [3.63, 3.8) is 0 Å². The van der Waals surface area contributed by atoms with Gasteiger partial charge in [-0.2, -0.15) is 5.10 Å². The molecule has 2 aromatic heterocycles. The molecule has 0 spiro atoms. The Morgan fingerprint density at radius 2 is 1.92 bits per heavy atom. The van der Waals surface area contributed by atoms with Gasteiger partial charge in [0.15, 0.2) is 5.65 Å². The molecular weight excluding hydrogens is 330 g/mol. The molecule has 0 bridgehead atoms. The van der Waals surface area contributed by atoms with Gasteiger partial charge in [0.1, 0.15) is 6.33 Å². The topological polar surface area (TPSA) is 101 Å². The molecule has 8 nitrogen and oxygen atoms in total. The van der Waals surface area contributed by atoms with Crippen molar-refractivity contribution >= 4 is 11.6 Å². The summed E-state index contributed by atoms with van der Waals surface area (Å²) in [7, 11) is 0. The van der Waals surface area contributed by atoms with Crippen LogP contribution in [0, 0.1) is 0 Å². The molecule has 0 saturated carbocycles. The average Bonchev–Trinajstić information content (AvgIpc) is 3.15. The van der Waals surface area contributed by atoms with Crippen molar-refractivity contribution < 1.29 is 4.79 Å². The van der Waals surface area contributed by atoms with E-state index in [1.165, 1.54) is 0 Å². The van der Waals surface area contributed by atoms with Crippen molar-refractivity contribution in [3.05, 3.63) is 59.5 Å². The molecule has 3 aromatic rings. The predicted octanol–water partition coefficient (Wildman–Crippen LogP) is 0.412. The number of benzene rings is 1. The van der Waals surface area contributed by atoms with E-state index in [1.54, 1.807) is 23.0 Å². The first-order valence-electron chi connectivity index (χ1n) is 8.71. The summed E-state index contributed by atoms with van der Waals surface area (Å²) in [5, 5.41) is 16.0. The van der Waals surface area contributed by atoms with Crippen LogP contribution in [-0.4, -0.2) is 56.8 Å². The van der Waals surface area contributed by atoms with Crippen LogP contribution in [0.4, 0.5) is 0 Å². The largest absolute Gasteiger partial charge is 0.366 e. The second-order valence-electron chi connectivity index (χ2n) is 6.46. The maximum atomic E-state index is 11.3. The number of amides is 1. The SMILES string of the molecule is NC(=O)c1ccc(CC(c2ccc3nncn3n2)N2CCNCC2)cc1. The smallest absolute Gasteiger partial charge is 0.248 e. The molecule has 1 aliphatic rings. The van der Waals surface area contributed by atoms with E-state index in [0.717, 1.165) is 49.5 Å². The Bertz CT molecular complexity index is 899. The van der Waals surface area contributed by atoms with Crippen LogP contribution in [0.25, 0.3) is 5.65 Å². The van der Waals surface area contributed by atoms with Crippen LogP contribution in [0.2, 0.25) is 0 Å². The summed E-state index contributed by atoms with van der Waals surface area (Å²) in [6.07, 6.45) is 2.43. The molecular formula is C18H21N7O. The lowest BCUT2D eigenvalue weighted by molar-refractivity contribution is 0.100. The first-order chi connectivity index (χ1) is 12.7. The third-order valence-electron chi connectivity index (χ3n) is 4.78. The van der Waals surface area contributed by atoms with Crippen LogP contribution in [0.15, 0.2) is 42.7 Å². The Morgan fingerprint density at radius 1 is 1.15 bits per heavy atom. The lowest BCUT2D eigenvalue weighted by Crippen LogP contribution is -2.46. The van der Waals surface area contributed by atoms with Crippen molar-refractivity contribution in [3.8, 4) is 0 Å². The highest BCUT2D eigenvalue weighted by molar-refractivity contribution is 5.92. The third-order valence-corrected chi connectivity index (χ3v) is 4.78. The zero-order chi connectivity index (χ0) is 17.9. The molecule has 0 aliphatic carbocycles. The summed E-state index contributed by atoms with van der Waals surface area (Å²) in [6.45, 7) is 3.86. The van der Waals surface area contributed by atoms with Crippen LogP contribution in [0.3, 0.4) is 0 Å². The number of fused-ring (bicyclic) bond motifs is 1. The molecule has 0 radical (unpaired) electrons. The normalized spacial score (nSPS) is 16.6. The van der Waals surface area contributed by atoms with Crippen molar-refractivity contribution in [1.29, 1.82) is 0 Å². The standard InChI is InChI=1S/C18H21N7O/c19-18(26)14-3-1-13(2-4-14)11-16(24-9-7-20-8-10-24)15-5-6-17-22-21-12-25(17)23-15/h1-6,12,16,20H,7-11H2,(H2,19,26). The number of primary amides is 1. The zero-order valence-electron chi connectivity index (χ0n) is 14.4. The van der Waals surface area contributed by atoms with Crippen LogP contribution in [0.1, 0.15) is 27.7 Å². The van der Waals surface area contributed by atoms with Gasteiger partial charge in [-0.1, -0.05) is 12.1 Å². The summed E-state index contributed by atoms with van der Waals surface area (Å²) in [5.74, 6) is -0.407. The molecule has 1 fully saturated rings. The summed E-state index contributed by atoms with van der Waals surface area (Å²) in [4.78, 5) is 13.7. The predicted molar refractivity (Wildman–Crippen MR) is 96.6 cm³/mol. The number of aromatic nitrogens is 4. The van der Waals surface area contributed by atoms with Gasteiger partial charge in [0.05, 0.1) is 11.7 Å². The number of nitrogens with two attached hydrogens (primary N) is 1. The highest BCUT2D eigenvalue weighted by Gasteiger charge is 2.24.